The Labute approximate surface area is 174 Å². The summed E-state index contributed by atoms with van der Waals surface area (Å²) in [6.45, 7) is 0.907. The lowest BCUT2D eigenvalue weighted by Crippen LogP contribution is -2.33. The van der Waals surface area contributed by atoms with Gasteiger partial charge in [-0.2, -0.15) is 0 Å². The van der Waals surface area contributed by atoms with Crippen molar-refractivity contribution in [1.82, 2.24) is 0 Å². The summed E-state index contributed by atoms with van der Waals surface area (Å²) in [5, 5.41) is 8.87. The van der Waals surface area contributed by atoms with Crippen molar-refractivity contribution in [3.63, 3.8) is 0 Å². The first-order chi connectivity index (χ1) is 14.4. The Hall–Kier alpha value is -2.68. The van der Waals surface area contributed by atoms with Gasteiger partial charge in [0.15, 0.2) is 0 Å². The van der Waals surface area contributed by atoms with Gasteiger partial charge in [-0.3, -0.25) is 0 Å². The maximum Gasteiger partial charge on any atom is 0.143 e. The van der Waals surface area contributed by atoms with Crippen LogP contribution in [0.1, 0.15) is 42.4 Å². The van der Waals surface area contributed by atoms with Gasteiger partial charge >= 0.3 is 0 Å². The summed E-state index contributed by atoms with van der Waals surface area (Å²) in [6.07, 6.45) is 8.01. The first kappa shape index (κ1) is 21.0. The standard InChI is InChI=1S/C27H30O2/c28-22-14-3-1-2-4-15-23-29-27(24-16-8-5-9-17-24,25-18-10-6-11-19-25)26-20-12-7-13-21-26/h1-2,5-13,16-21,28H,3-4,14-15,22-23H2. The number of rotatable bonds is 11. The lowest BCUT2D eigenvalue weighted by Gasteiger charge is -2.36. The maximum atomic E-state index is 8.87. The average molecular weight is 387 g/mol. The predicted molar refractivity (Wildman–Crippen MR) is 120 cm³/mol. The molecular formula is C27H30O2. The normalized spacial score (nSPS) is 11.8. The van der Waals surface area contributed by atoms with Gasteiger partial charge in [0.2, 0.25) is 0 Å². The monoisotopic (exact) mass is 386 g/mol. The highest BCUT2D eigenvalue weighted by atomic mass is 16.5. The molecule has 0 amide bonds. The van der Waals surface area contributed by atoms with Crippen LogP contribution in [0.2, 0.25) is 0 Å². The second-order valence-corrected chi connectivity index (χ2v) is 7.11. The average Bonchev–Trinajstić information content (AvgIpc) is 2.80. The zero-order chi connectivity index (χ0) is 20.2. The van der Waals surface area contributed by atoms with Crippen LogP contribution in [0.3, 0.4) is 0 Å². The molecule has 0 aliphatic heterocycles. The van der Waals surface area contributed by atoms with Gasteiger partial charge in [-0.25, -0.2) is 0 Å². The van der Waals surface area contributed by atoms with Crippen molar-refractivity contribution in [1.29, 1.82) is 0 Å². The van der Waals surface area contributed by atoms with E-state index in [2.05, 4.69) is 84.9 Å². The Morgan fingerprint density at radius 2 is 1.03 bits per heavy atom. The van der Waals surface area contributed by atoms with E-state index in [4.69, 9.17) is 9.84 Å². The molecule has 0 fully saturated rings. The van der Waals surface area contributed by atoms with Crippen molar-refractivity contribution in [3.05, 3.63) is 120 Å². The third-order valence-corrected chi connectivity index (χ3v) is 5.07. The fourth-order valence-electron chi connectivity index (χ4n) is 3.64. The van der Waals surface area contributed by atoms with E-state index in [-0.39, 0.29) is 6.61 Å². The van der Waals surface area contributed by atoms with Crippen LogP contribution in [0.15, 0.2) is 103 Å². The number of aliphatic hydroxyl groups is 1. The third kappa shape index (κ3) is 5.44. The number of benzene rings is 3. The first-order valence-corrected chi connectivity index (χ1v) is 10.4. The molecule has 0 bridgehead atoms. The zero-order valence-electron chi connectivity index (χ0n) is 16.9. The van der Waals surface area contributed by atoms with Crippen LogP contribution in [0.25, 0.3) is 0 Å². The highest BCUT2D eigenvalue weighted by Crippen LogP contribution is 2.40. The number of hydrogen-bond acceptors (Lipinski definition) is 2. The first-order valence-electron chi connectivity index (χ1n) is 10.4. The van der Waals surface area contributed by atoms with E-state index in [0.717, 1.165) is 42.4 Å². The van der Waals surface area contributed by atoms with Crippen LogP contribution in [0.4, 0.5) is 0 Å². The Morgan fingerprint density at radius 3 is 1.45 bits per heavy atom. The molecular weight excluding hydrogens is 356 g/mol. The SMILES string of the molecule is OCCCC=CCCCOC(c1ccccc1)(c1ccccc1)c1ccccc1. The summed E-state index contributed by atoms with van der Waals surface area (Å²) in [7, 11) is 0. The smallest absolute Gasteiger partial charge is 0.143 e. The van der Waals surface area contributed by atoms with E-state index in [0.29, 0.717) is 6.61 Å². The Bertz CT molecular complexity index is 745. The van der Waals surface area contributed by atoms with Crippen LogP contribution < -0.4 is 0 Å². The Kier molecular flexibility index (Phi) is 8.24. The molecule has 0 atom stereocenters. The second-order valence-electron chi connectivity index (χ2n) is 7.11. The van der Waals surface area contributed by atoms with Crippen LogP contribution in [-0.2, 0) is 10.3 Å². The number of hydrogen-bond donors (Lipinski definition) is 1. The highest BCUT2D eigenvalue weighted by molar-refractivity contribution is 5.47. The lowest BCUT2D eigenvalue weighted by atomic mass is 9.80. The molecule has 29 heavy (non-hydrogen) atoms. The topological polar surface area (TPSA) is 29.5 Å². The molecule has 2 nitrogen and oxygen atoms in total. The molecule has 0 aromatic heterocycles. The van der Waals surface area contributed by atoms with Crippen molar-refractivity contribution in [2.45, 2.75) is 31.3 Å². The largest absolute Gasteiger partial charge is 0.396 e. The van der Waals surface area contributed by atoms with Gasteiger partial charge in [0.05, 0.1) is 0 Å². The van der Waals surface area contributed by atoms with E-state index in [9.17, 15) is 0 Å². The third-order valence-electron chi connectivity index (χ3n) is 5.07. The summed E-state index contributed by atoms with van der Waals surface area (Å²) in [5.41, 5.74) is 2.77. The molecule has 0 unspecified atom stereocenters. The van der Waals surface area contributed by atoms with Crippen molar-refractivity contribution in [2.75, 3.05) is 13.2 Å². The number of aliphatic hydroxyl groups excluding tert-OH is 1. The van der Waals surface area contributed by atoms with Gasteiger partial charge < -0.3 is 9.84 Å². The van der Waals surface area contributed by atoms with Crippen molar-refractivity contribution < 1.29 is 9.84 Å². The molecule has 2 heteroatoms. The number of ether oxygens (including phenoxy) is 1. The van der Waals surface area contributed by atoms with Crippen molar-refractivity contribution >= 4 is 0 Å². The van der Waals surface area contributed by atoms with E-state index in [1.54, 1.807) is 0 Å². The molecule has 0 spiro atoms. The highest BCUT2D eigenvalue weighted by Gasteiger charge is 2.37. The van der Waals surface area contributed by atoms with Crippen molar-refractivity contribution in [2.24, 2.45) is 0 Å². The Morgan fingerprint density at radius 1 is 0.621 bits per heavy atom. The van der Waals surface area contributed by atoms with Crippen molar-refractivity contribution in [3.8, 4) is 0 Å². The fraction of sp³-hybridized carbons (Fsp3) is 0.259. The van der Waals surface area contributed by atoms with E-state index in [1.807, 2.05) is 18.2 Å². The van der Waals surface area contributed by atoms with Crippen LogP contribution in [-0.4, -0.2) is 18.3 Å². The summed E-state index contributed by atoms with van der Waals surface area (Å²) in [4.78, 5) is 0. The molecule has 0 aliphatic rings. The summed E-state index contributed by atoms with van der Waals surface area (Å²) in [5.74, 6) is 0. The van der Waals surface area contributed by atoms with Crippen LogP contribution in [0, 0.1) is 0 Å². The summed E-state index contributed by atoms with van der Waals surface area (Å²) in [6, 6.07) is 31.5. The van der Waals surface area contributed by atoms with E-state index >= 15 is 0 Å². The van der Waals surface area contributed by atoms with Crippen LogP contribution in [0.5, 0.6) is 0 Å². The minimum absolute atomic E-state index is 0.251. The molecule has 1 N–H and O–H groups in total. The molecule has 3 aromatic rings. The summed E-state index contributed by atoms with van der Waals surface area (Å²) < 4.78 is 6.74. The van der Waals surface area contributed by atoms with Gasteiger partial charge in [0.1, 0.15) is 5.60 Å². The summed E-state index contributed by atoms with van der Waals surface area (Å²) >= 11 is 0. The van der Waals surface area contributed by atoms with Gasteiger partial charge in [0.25, 0.3) is 0 Å². The van der Waals surface area contributed by atoms with Gasteiger partial charge in [-0.05, 0) is 42.4 Å². The van der Waals surface area contributed by atoms with E-state index < -0.39 is 5.60 Å². The quantitative estimate of drug-likeness (QED) is 0.245. The van der Waals surface area contributed by atoms with Gasteiger partial charge in [-0.1, -0.05) is 103 Å². The number of unbranched alkanes of at least 4 members (excludes halogenated alkanes) is 2. The second kappa shape index (κ2) is 11.4. The zero-order valence-corrected chi connectivity index (χ0v) is 16.9. The molecule has 0 heterocycles. The number of allylic oxidation sites excluding steroid dienone is 2. The molecule has 0 saturated heterocycles. The van der Waals surface area contributed by atoms with E-state index in [1.165, 1.54) is 0 Å². The predicted octanol–water partition coefficient (Wildman–Crippen LogP) is 6.10. The van der Waals surface area contributed by atoms with Gasteiger partial charge in [-0.15, -0.1) is 0 Å². The molecule has 150 valence electrons. The lowest BCUT2D eigenvalue weighted by molar-refractivity contribution is 0.0119. The molecule has 3 aromatic carbocycles. The fourth-order valence-corrected chi connectivity index (χ4v) is 3.64. The molecule has 0 aliphatic carbocycles. The van der Waals surface area contributed by atoms with Crippen LogP contribution >= 0.6 is 0 Å². The Balaban J connectivity index is 1.88. The molecule has 0 saturated carbocycles. The minimum atomic E-state index is -0.635. The maximum absolute atomic E-state index is 8.87. The molecule has 3 rings (SSSR count). The minimum Gasteiger partial charge on any atom is -0.396 e. The molecule has 0 radical (unpaired) electrons. The van der Waals surface area contributed by atoms with Gasteiger partial charge in [0, 0.05) is 13.2 Å².